The Hall–Kier alpha value is -1.87. The third-order valence-electron chi connectivity index (χ3n) is 3.73. The van der Waals surface area contributed by atoms with Crippen LogP contribution in [0, 0.1) is 13.8 Å². The van der Waals surface area contributed by atoms with Gasteiger partial charge in [0, 0.05) is 19.0 Å². The van der Waals surface area contributed by atoms with Crippen LogP contribution in [0.5, 0.6) is 0 Å². The summed E-state index contributed by atoms with van der Waals surface area (Å²) in [4.78, 5) is 46.0. The maximum absolute atomic E-state index is 12.2. The molecule has 9 heteroatoms. The minimum absolute atomic E-state index is 0.158. The van der Waals surface area contributed by atoms with Crippen molar-refractivity contribution in [2.75, 3.05) is 20.7 Å². The second kappa shape index (κ2) is 8.01. The lowest BCUT2D eigenvalue weighted by atomic mass is 10.2. The van der Waals surface area contributed by atoms with Crippen molar-refractivity contribution in [3.05, 3.63) is 26.6 Å². The molecule has 1 unspecified atom stereocenters. The molecule has 0 bridgehead atoms. The number of thioether (sulfide) groups is 1. The zero-order chi connectivity index (χ0) is 18.7. The number of esters is 1. The Bertz CT molecular complexity index is 857. The van der Waals surface area contributed by atoms with E-state index in [0.29, 0.717) is 21.8 Å². The fraction of sp³-hybridized carbons (Fsp3) is 0.500. The predicted molar refractivity (Wildman–Crippen MR) is 100 cm³/mol. The molecule has 0 aromatic carbocycles. The van der Waals surface area contributed by atoms with Crippen LogP contribution in [0.2, 0.25) is 0 Å². The fourth-order valence-corrected chi connectivity index (χ4v) is 3.82. The summed E-state index contributed by atoms with van der Waals surface area (Å²) in [6.45, 7) is 5.30. The smallest absolute Gasteiger partial charge is 0.319 e. The Kier molecular flexibility index (Phi) is 6.23. The van der Waals surface area contributed by atoms with Gasteiger partial charge in [-0.05, 0) is 26.3 Å². The molecule has 2 rings (SSSR count). The molecule has 7 nitrogen and oxygen atoms in total. The van der Waals surface area contributed by atoms with E-state index in [1.54, 1.807) is 21.0 Å². The lowest BCUT2D eigenvalue weighted by molar-refractivity contribution is -0.150. The first-order chi connectivity index (χ1) is 11.7. The van der Waals surface area contributed by atoms with Crippen LogP contribution < -0.4 is 5.56 Å². The fourth-order valence-electron chi connectivity index (χ4n) is 2.02. The van der Waals surface area contributed by atoms with Crippen molar-refractivity contribution < 1.29 is 14.3 Å². The van der Waals surface area contributed by atoms with Crippen LogP contribution in [0.1, 0.15) is 23.2 Å². The summed E-state index contributed by atoms with van der Waals surface area (Å²) in [6.07, 6.45) is 0. The van der Waals surface area contributed by atoms with Crippen molar-refractivity contribution in [1.82, 2.24) is 14.9 Å². The van der Waals surface area contributed by atoms with Gasteiger partial charge in [-0.2, -0.15) is 0 Å². The summed E-state index contributed by atoms with van der Waals surface area (Å²) in [6, 6.07) is 0. The molecule has 25 heavy (non-hydrogen) atoms. The molecule has 0 aliphatic carbocycles. The van der Waals surface area contributed by atoms with E-state index >= 15 is 0 Å². The van der Waals surface area contributed by atoms with Crippen LogP contribution >= 0.6 is 23.1 Å². The Morgan fingerprint density at radius 3 is 2.68 bits per heavy atom. The minimum Gasteiger partial charge on any atom is -0.455 e. The Morgan fingerprint density at radius 1 is 1.36 bits per heavy atom. The molecular weight excluding hydrogens is 362 g/mol. The van der Waals surface area contributed by atoms with Crippen molar-refractivity contribution in [2.24, 2.45) is 0 Å². The number of fused-ring (bicyclic) bond motifs is 1. The molecule has 0 spiro atoms. The van der Waals surface area contributed by atoms with Crippen LogP contribution in [0.15, 0.2) is 4.79 Å². The molecule has 0 aliphatic heterocycles. The molecule has 0 saturated carbocycles. The summed E-state index contributed by atoms with van der Waals surface area (Å²) >= 11 is 2.79. The van der Waals surface area contributed by atoms with Crippen LogP contribution in [0.3, 0.4) is 0 Å². The highest BCUT2D eigenvalue weighted by atomic mass is 32.2. The Balaban J connectivity index is 1.99. The van der Waals surface area contributed by atoms with Crippen molar-refractivity contribution in [3.63, 3.8) is 0 Å². The van der Waals surface area contributed by atoms with Gasteiger partial charge in [0.15, 0.2) is 6.61 Å². The van der Waals surface area contributed by atoms with Gasteiger partial charge in [-0.3, -0.25) is 14.4 Å². The lowest BCUT2D eigenvalue weighted by Gasteiger charge is -2.13. The Morgan fingerprint density at radius 2 is 2.04 bits per heavy atom. The SMILES string of the molecule is Cc1sc2nc(CSC(C)C(=O)OCC(=O)N(C)C)[nH]c(=O)c2c1C. The molecular formula is C16H21N3O4S2. The van der Waals surface area contributed by atoms with Gasteiger partial charge in [-0.15, -0.1) is 23.1 Å². The number of likely N-dealkylation sites (N-methyl/N-ethyl adjacent to an activating group) is 1. The maximum Gasteiger partial charge on any atom is 0.319 e. The van der Waals surface area contributed by atoms with E-state index in [0.717, 1.165) is 10.4 Å². The van der Waals surface area contributed by atoms with Gasteiger partial charge in [0.1, 0.15) is 15.9 Å². The van der Waals surface area contributed by atoms with Crippen LogP contribution in [-0.4, -0.2) is 52.7 Å². The van der Waals surface area contributed by atoms with Crippen LogP contribution in [-0.2, 0) is 20.1 Å². The van der Waals surface area contributed by atoms with Gasteiger partial charge in [-0.25, -0.2) is 4.98 Å². The average molecular weight is 383 g/mol. The number of thiophene rings is 1. The first-order valence-electron chi connectivity index (χ1n) is 7.68. The third-order valence-corrected chi connectivity index (χ3v) is 5.96. The highest BCUT2D eigenvalue weighted by molar-refractivity contribution is 7.99. The standard InChI is InChI=1S/C16H21N3O4S2/c1-8-9(2)25-15-13(8)14(21)17-11(18-15)7-24-10(3)16(22)23-6-12(20)19(4)5/h10H,6-7H2,1-5H3,(H,17,18,21). The molecule has 0 saturated heterocycles. The number of hydrogen-bond donors (Lipinski definition) is 1. The van der Waals surface area contributed by atoms with Gasteiger partial charge in [-0.1, -0.05) is 0 Å². The normalized spacial score (nSPS) is 12.2. The maximum atomic E-state index is 12.2. The number of aromatic amines is 1. The molecule has 2 heterocycles. The molecule has 0 fully saturated rings. The van der Waals surface area contributed by atoms with E-state index in [1.807, 2.05) is 13.8 Å². The van der Waals surface area contributed by atoms with E-state index in [-0.39, 0.29) is 18.1 Å². The van der Waals surface area contributed by atoms with E-state index in [4.69, 9.17) is 4.74 Å². The molecule has 1 amide bonds. The number of rotatable bonds is 6. The number of H-pyrrole nitrogens is 1. The number of nitrogens with one attached hydrogen (secondary N) is 1. The zero-order valence-electron chi connectivity index (χ0n) is 14.8. The first-order valence-corrected chi connectivity index (χ1v) is 9.54. The number of ether oxygens (including phenoxy) is 1. The van der Waals surface area contributed by atoms with E-state index in [1.165, 1.54) is 28.0 Å². The van der Waals surface area contributed by atoms with Gasteiger partial charge in [0.25, 0.3) is 11.5 Å². The second-order valence-electron chi connectivity index (χ2n) is 5.83. The number of aryl methyl sites for hydroxylation is 2. The van der Waals surface area contributed by atoms with Crippen molar-refractivity contribution in [2.45, 2.75) is 31.8 Å². The second-order valence-corrected chi connectivity index (χ2v) is 8.36. The quantitative estimate of drug-likeness (QED) is 0.766. The molecule has 0 aliphatic rings. The molecule has 1 N–H and O–H groups in total. The third kappa shape index (κ3) is 4.60. The van der Waals surface area contributed by atoms with E-state index in [9.17, 15) is 14.4 Å². The number of carbonyl (C=O) groups is 2. The molecule has 2 aromatic heterocycles. The zero-order valence-corrected chi connectivity index (χ0v) is 16.5. The number of amides is 1. The summed E-state index contributed by atoms with van der Waals surface area (Å²) in [5.74, 6) is 0.156. The van der Waals surface area contributed by atoms with Crippen LogP contribution in [0.25, 0.3) is 10.2 Å². The highest BCUT2D eigenvalue weighted by Crippen LogP contribution is 2.26. The van der Waals surface area contributed by atoms with Gasteiger partial charge < -0.3 is 14.6 Å². The van der Waals surface area contributed by atoms with Gasteiger partial charge in [0.05, 0.1) is 11.1 Å². The summed E-state index contributed by atoms with van der Waals surface area (Å²) in [5, 5.41) is 0.161. The summed E-state index contributed by atoms with van der Waals surface area (Å²) in [7, 11) is 3.20. The lowest BCUT2D eigenvalue weighted by Crippen LogP contribution is -2.29. The largest absolute Gasteiger partial charge is 0.455 e. The van der Waals surface area contributed by atoms with Crippen molar-refractivity contribution >= 4 is 45.2 Å². The molecule has 0 radical (unpaired) electrons. The summed E-state index contributed by atoms with van der Waals surface area (Å²) < 4.78 is 4.99. The number of carbonyl (C=O) groups excluding carboxylic acids is 2. The van der Waals surface area contributed by atoms with Gasteiger partial charge >= 0.3 is 5.97 Å². The molecule has 1 atom stereocenters. The van der Waals surface area contributed by atoms with E-state index in [2.05, 4.69) is 9.97 Å². The minimum atomic E-state index is -0.470. The molecule has 2 aromatic rings. The number of nitrogens with zero attached hydrogens (tertiary/aromatic N) is 2. The average Bonchev–Trinajstić information content (AvgIpc) is 2.84. The van der Waals surface area contributed by atoms with Gasteiger partial charge in [0.2, 0.25) is 0 Å². The number of hydrogen-bond acceptors (Lipinski definition) is 7. The monoisotopic (exact) mass is 383 g/mol. The van der Waals surface area contributed by atoms with E-state index < -0.39 is 11.2 Å². The molecule has 136 valence electrons. The first kappa shape index (κ1) is 19.5. The summed E-state index contributed by atoms with van der Waals surface area (Å²) in [5.41, 5.74) is 0.796. The van der Waals surface area contributed by atoms with Crippen LogP contribution in [0.4, 0.5) is 0 Å². The van der Waals surface area contributed by atoms with Crippen molar-refractivity contribution in [3.8, 4) is 0 Å². The topological polar surface area (TPSA) is 92.4 Å². The highest BCUT2D eigenvalue weighted by Gasteiger charge is 2.18. The predicted octanol–water partition coefficient (Wildman–Crippen LogP) is 1.85. The van der Waals surface area contributed by atoms with Crippen molar-refractivity contribution in [1.29, 1.82) is 0 Å². The Labute approximate surface area is 153 Å². The number of aromatic nitrogens is 2.